The average molecular weight is 416 g/mol. The van der Waals surface area contributed by atoms with Gasteiger partial charge in [0.25, 0.3) is 11.8 Å². The lowest BCUT2D eigenvalue weighted by molar-refractivity contribution is 0.102. The maximum Gasteiger partial charge on any atom is 0.285 e. The Morgan fingerprint density at radius 1 is 1.21 bits per heavy atom. The minimum Gasteiger partial charge on any atom is -0.480 e. The van der Waals surface area contributed by atoms with Crippen molar-refractivity contribution in [1.29, 1.82) is 0 Å². The smallest absolute Gasteiger partial charge is 0.285 e. The third-order valence-corrected chi connectivity index (χ3v) is 3.99. The van der Waals surface area contributed by atoms with Gasteiger partial charge in [-0.1, -0.05) is 11.6 Å². The van der Waals surface area contributed by atoms with E-state index in [0.29, 0.717) is 11.3 Å². The number of nitrogens with zero attached hydrogens (tertiary/aromatic N) is 4. The third kappa shape index (κ3) is 3.78. The van der Waals surface area contributed by atoms with Gasteiger partial charge in [-0.3, -0.25) is 4.79 Å². The number of rotatable bonds is 5. The van der Waals surface area contributed by atoms with Crippen molar-refractivity contribution >= 4 is 23.2 Å². The molecule has 146 valence electrons. The van der Waals surface area contributed by atoms with Crippen molar-refractivity contribution in [3.8, 4) is 29.0 Å². The molecule has 1 aromatic carbocycles. The standard InChI is InChI=1S/C18H11ClFN5O4/c1-27-17-11(5-10(19)6-22-17)15(26)23-13-4-9(2-3-12(13)20)16-24-25-18(29-16)14-7-21-8-28-14/h2-8H,1H3,(H,23,26). The van der Waals surface area contributed by atoms with Gasteiger partial charge in [0, 0.05) is 11.8 Å². The number of nitrogens with one attached hydrogen (secondary N) is 1. The summed E-state index contributed by atoms with van der Waals surface area (Å²) in [6.45, 7) is 0. The number of hydrogen-bond donors (Lipinski definition) is 1. The van der Waals surface area contributed by atoms with Crippen molar-refractivity contribution in [2.24, 2.45) is 0 Å². The minimum atomic E-state index is -0.661. The lowest BCUT2D eigenvalue weighted by Crippen LogP contribution is -2.15. The molecule has 0 aliphatic heterocycles. The number of carbonyl (C=O) groups is 1. The van der Waals surface area contributed by atoms with E-state index in [-0.39, 0.29) is 33.9 Å². The summed E-state index contributed by atoms with van der Waals surface area (Å²) in [6, 6.07) is 5.32. The summed E-state index contributed by atoms with van der Waals surface area (Å²) in [7, 11) is 1.36. The Kier molecular flexibility index (Phi) is 4.92. The molecule has 0 saturated heterocycles. The van der Waals surface area contributed by atoms with Gasteiger partial charge in [-0.25, -0.2) is 14.4 Å². The summed E-state index contributed by atoms with van der Waals surface area (Å²) in [5.41, 5.74) is 0.334. The Hall–Kier alpha value is -3.79. The Morgan fingerprint density at radius 2 is 2.03 bits per heavy atom. The summed E-state index contributed by atoms with van der Waals surface area (Å²) in [5, 5.41) is 10.5. The first kappa shape index (κ1) is 18.6. The zero-order valence-electron chi connectivity index (χ0n) is 14.7. The molecule has 1 amide bonds. The minimum absolute atomic E-state index is 0.0511. The molecular weight excluding hydrogens is 405 g/mol. The Morgan fingerprint density at radius 3 is 2.79 bits per heavy atom. The highest BCUT2D eigenvalue weighted by atomic mass is 35.5. The quantitative estimate of drug-likeness (QED) is 0.522. The molecule has 4 aromatic rings. The van der Waals surface area contributed by atoms with E-state index in [9.17, 15) is 9.18 Å². The third-order valence-electron chi connectivity index (χ3n) is 3.79. The van der Waals surface area contributed by atoms with Crippen LogP contribution in [0.15, 0.2) is 51.9 Å². The second kappa shape index (κ2) is 7.68. The molecule has 0 fully saturated rings. The van der Waals surface area contributed by atoms with Crippen molar-refractivity contribution in [3.05, 3.63) is 59.5 Å². The monoisotopic (exact) mass is 415 g/mol. The number of ether oxygens (including phenoxy) is 1. The molecule has 9 nitrogen and oxygen atoms in total. The number of aromatic nitrogens is 4. The van der Waals surface area contributed by atoms with Crippen molar-refractivity contribution in [3.63, 3.8) is 0 Å². The van der Waals surface area contributed by atoms with Gasteiger partial charge < -0.3 is 18.9 Å². The van der Waals surface area contributed by atoms with Gasteiger partial charge in [0.15, 0.2) is 6.39 Å². The van der Waals surface area contributed by atoms with Gasteiger partial charge in [-0.2, -0.15) is 0 Å². The number of anilines is 1. The summed E-state index contributed by atoms with van der Waals surface area (Å²) >= 11 is 5.89. The summed E-state index contributed by atoms with van der Waals surface area (Å²) in [4.78, 5) is 20.3. The molecular formula is C18H11ClFN5O4. The maximum absolute atomic E-state index is 14.3. The molecule has 0 saturated carbocycles. The molecule has 0 unspecified atom stereocenters. The van der Waals surface area contributed by atoms with Gasteiger partial charge in [0.1, 0.15) is 11.4 Å². The van der Waals surface area contributed by atoms with E-state index in [1.165, 1.54) is 44.1 Å². The fraction of sp³-hybridized carbons (Fsp3) is 0.0556. The van der Waals surface area contributed by atoms with E-state index in [4.69, 9.17) is 25.2 Å². The van der Waals surface area contributed by atoms with Gasteiger partial charge in [0.05, 0.1) is 24.0 Å². The normalized spacial score (nSPS) is 10.7. The highest BCUT2D eigenvalue weighted by molar-refractivity contribution is 6.31. The van der Waals surface area contributed by atoms with Crippen LogP contribution in [0.4, 0.5) is 10.1 Å². The van der Waals surface area contributed by atoms with Gasteiger partial charge in [0.2, 0.25) is 17.5 Å². The van der Waals surface area contributed by atoms with Crippen molar-refractivity contribution in [1.82, 2.24) is 20.2 Å². The second-order valence-corrected chi connectivity index (χ2v) is 6.07. The van der Waals surface area contributed by atoms with Crippen LogP contribution in [0, 0.1) is 5.82 Å². The van der Waals surface area contributed by atoms with E-state index in [0.717, 1.165) is 6.07 Å². The number of carbonyl (C=O) groups excluding carboxylic acids is 1. The lowest BCUT2D eigenvalue weighted by Gasteiger charge is -2.10. The summed E-state index contributed by atoms with van der Waals surface area (Å²) in [6.07, 6.45) is 3.98. The van der Waals surface area contributed by atoms with Crippen LogP contribution >= 0.6 is 11.6 Å². The molecule has 0 atom stereocenters. The van der Waals surface area contributed by atoms with Gasteiger partial charge in [-0.15, -0.1) is 10.2 Å². The largest absolute Gasteiger partial charge is 0.480 e. The zero-order valence-corrected chi connectivity index (χ0v) is 15.5. The van der Waals surface area contributed by atoms with Crippen LogP contribution in [0.2, 0.25) is 5.02 Å². The molecule has 3 heterocycles. The predicted molar refractivity (Wildman–Crippen MR) is 98.9 cm³/mol. The van der Waals surface area contributed by atoms with E-state index in [2.05, 4.69) is 25.5 Å². The highest BCUT2D eigenvalue weighted by Gasteiger charge is 2.18. The predicted octanol–water partition coefficient (Wildman–Crippen LogP) is 3.84. The fourth-order valence-electron chi connectivity index (χ4n) is 2.46. The van der Waals surface area contributed by atoms with Crippen LogP contribution in [0.25, 0.3) is 23.1 Å². The first-order chi connectivity index (χ1) is 14.0. The molecule has 0 radical (unpaired) electrons. The Balaban J connectivity index is 1.63. The van der Waals surface area contributed by atoms with Crippen LogP contribution in [-0.4, -0.2) is 33.2 Å². The topological polar surface area (TPSA) is 116 Å². The van der Waals surface area contributed by atoms with E-state index < -0.39 is 11.7 Å². The highest BCUT2D eigenvalue weighted by Crippen LogP contribution is 2.28. The molecule has 1 N–H and O–H groups in total. The van der Waals surface area contributed by atoms with E-state index in [1.807, 2.05) is 0 Å². The van der Waals surface area contributed by atoms with Gasteiger partial charge in [-0.05, 0) is 24.3 Å². The van der Waals surface area contributed by atoms with Crippen molar-refractivity contribution < 1.29 is 22.8 Å². The van der Waals surface area contributed by atoms with Crippen LogP contribution in [0.3, 0.4) is 0 Å². The van der Waals surface area contributed by atoms with Crippen LogP contribution in [-0.2, 0) is 0 Å². The first-order valence-electron chi connectivity index (χ1n) is 8.08. The Bertz CT molecular complexity index is 1180. The molecule has 0 aliphatic rings. The SMILES string of the molecule is COc1ncc(Cl)cc1C(=O)Nc1cc(-c2nnc(-c3cnco3)o2)ccc1F. The molecule has 4 rings (SSSR count). The number of hydrogen-bond acceptors (Lipinski definition) is 8. The van der Waals surface area contributed by atoms with Crippen LogP contribution in [0.5, 0.6) is 5.88 Å². The molecule has 11 heteroatoms. The van der Waals surface area contributed by atoms with Crippen LogP contribution in [0.1, 0.15) is 10.4 Å². The number of pyridine rings is 1. The van der Waals surface area contributed by atoms with Crippen molar-refractivity contribution in [2.45, 2.75) is 0 Å². The average Bonchev–Trinajstić information content (AvgIpc) is 3.41. The number of halogens is 2. The molecule has 29 heavy (non-hydrogen) atoms. The van der Waals surface area contributed by atoms with Gasteiger partial charge >= 0.3 is 0 Å². The summed E-state index contributed by atoms with van der Waals surface area (Å²) in [5.74, 6) is -0.750. The number of benzene rings is 1. The molecule has 0 bridgehead atoms. The van der Waals surface area contributed by atoms with E-state index in [1.54, 1.807) is 0 Å². The van der Waals surface area contributed by atoms with E-state index >= 15 is 0 Å². The second-order valence-electron chi connectivity index (χ2n) is 5.64. The fourth-order valence-corrected chi connectivity index (χ4v) is 2.61. The maximum atomic E-state index is 14.3. The summed E-state index contributed by atoms with van der Waals surface area (Å²) < 4.78 is 29.9. The van der Waals surface area contributed by atoms with Crippen molar-refractivity contribution in [2.75, 3.05) is 12.4 Å². The zero-order chi connectivity index (χ0) is 20.4. The Labute approximate surface area is 167 Å². The molecule has 3 aromatic heterocycles. The van der Waals surface area contributed by atoms with Crippen LogP contribution < -0.4 is 10.1 Å². The molecule has 0 aliphatic carbocycles. The number of methoxy groups -OCH3 is 1. The number of amides is 1. The molecule has 0 spiro atoms. The number of oxazole rings is 1. The first-order valence-corrected chi connectivity index (χ1v) is 8.46. The lowest BCUT2D eigenvalue weighted by atomic mass is 10.1.